The van der Waals surface area contributed by atoms with E-state index in [1.165, 1.54) is 0 Å². The standard InChI is InChI=1S/C4H9O2/c1-2-3-4-6-5/h2-4H2,1H3. The van der Waals surface area contributed by atoms with Crippen LogP contribution in [0.2, 0.25) is 0 Å². The highest BCUT2D eigenvalue weighted by atomic mass is 17.1. The van der Waals surface area contributed by atoms with Gasteiger partial charge in [0, 0.05) is 0 Å². The summed E-state index contributed by atoms with van der Waals surface area (Å²) in [6, 6.07) is 0. The zero-order chi connectivity index (χ0) is 4.83. The third-order valence-electron chi connectivity index (χ3n) is 0.581. The Kier molecular flexibility index (Phi) is 4.85. The second-order valence-corrected chi connectivity index (χ2v) is 1.18. The highest BCUT2D eigenvalue weighted by molar-refractivity contribution is 4.24. The average Bonchev–Trinajstić information content (AvgIpc) is 1.61. The molecule has 0 atom stereocenters. The molecule has 0 aliphatic heterocycles. The van der Waals surface area contributed by atoms with Crippen molar-refractivity contribution in [3.63, 3.8) is 0 Å². The molecule has 0 aliphatic carbocycles. The van der Waals surface area contributed by atoms with E-state index in [-0.39, 0.29) is 0 Å². The van der Waals surface area contributed by atoms with Crippen molar-refractivity contribution in [3.05, 3.63) is 0 Å². The average molecular weight is 89.1 g/mol. The van der Waals surface area contributed by atoms with Crippen molar-refractivity contribution in [1.29, 1.82) is 0 Å². The molecule has 2 heteroatoms. The van der Waals surface area contributed by atoms with E-state index >= 15 is 0 Å². The molecule has 0 aliphatic rings. The summed E-state index contributed by atoms with van der Waals surface area (Å²) in [6.07, 6.45) is 1.91. The van der Waals surface area contributed by atoms with Crippen LogP contribution in [0.1, 0.15) is 19.8 Å². The van der Waals surface area contributed by atoms with Crippen LogP contribution in [0, 0.1) is 0 Å². The van der Waals surface area contributed by atoms with E-state index in [1.54, 1.807) is 0 Å². The Morgan fingerprint density at radius 3 is 2.50 bits per heavy atom. The minimum Gasteiger partial charge on any atom is -0.204 e. The summed E-state index contributed by atoms with van der Waals surface area (Å²) in [5, 5.41) is 9.19. The first-order valence-corrected chi connectivity index (χ1v) is 2.16. The van der Waals surface area contributed by atoms with E-state index in [9.17, 15) is 5.26 Å². The SMILES string of the molecule is CCCCO[O]. The molecule has 0 spiro atoms. The van der Waals surface area contributed by atoms with Crippen molar-refractivity contribution in [1.82, 2.24) is 0 Å². The number of rotatable bonds is 3. The van der Waals surface area contributed by atoms with Crippen molar-refractivity contribution in [2.45, 2.75) is 19.8 Å². The summed E-state index contributed by atoms with van der Waals surface area (Å²) in [6.45, 7) is 2.37. The summed E-state index contributed by atoms with van der Waals surface area (Å²) < 4.78 is 0. The summed E-state index contributed by atoms with van der Waals surface area (Å²) in [5.74, 6) is 0. The highest BCUT2D eigenvalue weighted by Crippen LogP contribution is 1.83. The molecule has 0 heterocycles. The van der Waals surface area contributed by atoms with E-state index < -0.39 is 0 Å². The zero-order valence-corrected chi connectivity index (χ0v) is 3.94. The van der Waals surface area contributed by atoms with E-state index in [4.69, 9.17) is 0 Å². The molecule has 6 heavy (non-hydrogen) atoms. The lowest BCUT2D eigenvalue weighted by Gasteiger charge is -1.84. The molecular weight excluding hydrogens is 80.0 g/mol. The van der Waals surface area contributed by atoms with Crippen LogP contribution in [0.3, 0.4) is 0 Å². The lowest BCUT2D eigenvalue weighted by Crippen LogP contribution is -1.83. The second kappa shape index (κ2) is 4.92. The maximum atomic E-state index is 9.19. The molecule has 0 aromatic rings. The molecule has 0 saturated carbocycles. The molecule has 37 valence electrons. The van der Waals surface area contributed by atoms with Crippen LogP contribution in [0.15, 0.2) is 0 Å². The van der Waals surface area contributed by atoms with Gasteiger partial charge in [0.15, 0.2) is 0 Å². The van der Waals surface area contributed by atoms with Crippen molar-refractivity contribution in [2.75, 3.05) is 6.61 Å². The van der Waals surface area contributed by atoms with Gasteiger partial charge in [0.05, 0.1) is 6.61 Å². The molecule has 0 unspecified atom stereocenters. The van der Waals surface area contributed by atoms with Gasteiger partial charge < -0.3 is 0 Å². The van der Waals surface area contributed by atoms with Gasteiger partial charge in [-0.25, -0.2) is 4.89 Å². The van der Waals surface area contributed by atoms with Gasteiger partial charge in [0.25, 0.3) is 0 Å². The third kappa shape index (κ3) is 3.92. The van der Waals surface area contributed by atoms with Gasteiger partial charge in [-0.1, -0.05) is 13.3 Å². The smallest absolute Gasteiger partial charge is 0.0854 e. The van der Waals surface area contributed by atoms with Crippen molar-refractivity contribution >= 4 is 0 Å². The van der Waals surface area contributed by atoms with Crippen molar-refractivity contribution in [2.24, 2.45) is 0 Å². The fraction of sp³-hybridized carbons (Fsp3) is 1.00. The molecule has 2 nitrogen and oxygen atoms in total. The van der Waals surface area contributed by atoms with Gasteiger partial charge in [-0.3, -0.25) is 0 Å². The first kappa shape index (κ1) is 5.92. The van der Waals surface area contributed by atoms with Gasteiger partial charge in [-0.15, -0.1) is 0 Å². The van der Waals surface area contributed by atoms with Gasteiger partial charge in [-0.2, -0.15) is 0 Å². The molecule has 0 bridgehead atoms. The fourth-order valence-electron chi connectivity index (χ4n) is 0.203. The normalized spacial score (nSPS) is 9.00. The van der Waals surface area contributed by atoms with E-state index in [0.29, 0.717) is 6.61 Å². The van der Waals surface area contributed by atoms with Crippen LogP contribution in [-0.2, 0) is 10.1 Å². The van der Waals surface area contributed by atoms with Gasteiger partial charge in [0.2, 0.25) is 0 Å². The van der Waals surface area contributed by atoms with Crippen LogP contribution in [0.5, 0.6) is 0 Å². The summed E-state index contributed by atoms with van der Waals surface area (Å²) in [7, 11) is 0. The molecule has 1 radical (unpaired) electrons. The maximum absolute atomic E-state index is 9.19. The van der Waals surface area contributed by atoms with Gasteiger partial charge in [-0.05, 0) is 11.7 Å². The van der Waals surface area contributed by atoms with Gasteiger partial charge in [0.1, 0.15) is 0 Å². The number of hydrogen-bond acceptors (Lipinski definition) is 1. The molecule has 0 rings (SSSR count). The van der Waals surface area contributed by atoms with Crippen LogP contribution < -0.4 is 0 Å². The molecule has 0 aromatic carbocycles. The van der Waals surface area contributed by atoms with Crippen LogP contribution in [0.4, 0.5) is 0 Å². The lowest BCUT2D eigenvalue weighted by molar-refractivity contribution is -0.303. The summed E-state index contributed by atoms with van der Waals surface area (Å²) in [5.41, 5.74) is 0. The van der Waals surface area contributed by atoms with E-state index in [1.807, 2.05) is 6.92 Å². The number of hydrogen-bond donors (Lipinski definition) is 0. The molecule has 0 fully saturated rings. The minimum atomic E-state index is 0.358. The van der Waals surface area contributed by atoms with Crippen molar-refractivity contribution < 1.29 is 10.1 Å². The summed E-state index contributed by atoms with van der Waals surface area (Å²) >= 11 is 0. The third-order valence-corrected chi connectivity index (χ3v) is 0.581. The minimum absolute atomic E-state index is 0.358. The number of unbranched alkanes of at least 4 members (excludes halogenated alkanes) is 1. The Labute approximate surface area is 37.7 Å². The topological polar surface area (TPSA) is 29.1 Å². The lowest BCUT2D eigenvalue weighted by atomic mass is 10.4. The Morgan fingerprint density at radius 1 is 1.67 bits per heavy atom. The van der Waals surface area contributed by atoms with Crippen LogP contribution in [-0.4, -0.2) is 6.61 Å². The van der Waals surface area contributed by atoms with Crippen LogP contribution in [0.25, 0.3) is 0 Å². The van der Waals surface area contributed by atoms with Crippen molar-refractivity contribution in [3.8, 4) is 0 Å². The molecule has 0 N–H and O–H groups in total. The van der Waals surface area contributed by atoms with Gasteiger partial charge >= 0.3 is 0 Å². The Morgan fingerprint density at radius 2 is 2.33 bits per heavy atom. The molecule has 0 amide bonds. The second-order valence-electron chi connectivity index (χ2n) is 1.18. The molecular formula is C4H9O2. The largest absolute Gasteiger partial charge is 0.204 e. The monoisotopic (exact) mass is 89.1 g/mol. The maximum Gasteiger partial charge on any atom is 0.0854 e. The molecule has 0 saturated heterocycles. The first-order valence-electron chi connectivity index (χ1n) is 2.16. The first-order chi connectivity index (χ1) is 2.91. The van der Waals surface area contributed by atoms with E-state index in [2.05, 4.69) is 4.89 Å². The zero-order valence-electron chi connectivity index (χ0n) is 3.94. The van der Waals surface area contributed by atoms with E-state index in [0.717, 1.165) is 12.8 Å². The Bertz CT molecular complexity index is 17.5. The Balaban J connectivity index is 2.34. The predicted molar refractivity (Wildman–Crippen MR) is 21.5 cm³/mol. The summed E-state index contributed by atoms with van der Waals surface area (Å²) in [4.78, 5) is 3.53. The quantitative estimate of drug-likeness (QED) is 0.289. The fourth-order valence-corrected chi connectivity index (χ4v) is 0.203. The molecule has 0 aromatic heterocycles. The highest BCUT2D eigenvalue weighted by Gasteiger charge is 1.77. The van der Waals surface area contributed by atoms with Crippen LogP contribution >= 0.6 is 0 Å². The predicted octanol–water partition coefficient (Wildman–Crippen LogP) is 1.15. The Hall–Kier alpha value is -0.0800.